The quantitative estimate of drug-likeness (QED) is 0.687. The maximum atomic E-state index is 13.1. The van der Waals surface area contributed by atoms with Gasteiger partial charge >= 0.3 is 0 Å². The average Bonchev–Trinajstić information content (AvgIpc) is 2.89. The Bertz CT molecular complexity index is 827. The second-order valence-corrected chi connectivity index (χ2v) is 5.81. The number of carbonyl (C=O) groups excluding carboxylic acids is 1. The smallest absolute Gasteiger partial charge is 0.239 e. The zero-order chi connectivity index (χ0) is 15.6. The molecule has 0 unspecified atom stereocenters. The first-order valence-corrected chi connectivity index (χ1v) is 7.86. The Hall–Kier alpha value is -2.87. The van der Waals surface area contributed by atoms with Gasteiger partial charge in [0, 0.05) is 5.69 Å². The molecule has 0 N–H and O–H groups in total. The number of fused-ring (bicyclic) bond motifs is 1. The van der Waals surface area contributed by atoms with Crippen molar-refractivity contribution in [3.8, 4) is 0 Å². The molecule has 1 amide bonds. The maximum absolute atomic E-state index is 13.1. The van der Waals surface area contributed by atoms with Gasteiger partial charge in [-0.3, -0.25) is 9.69 Å². The highest BCUT2D eigenvalue weighted by Gasteiger charge is 2.37. The molecule has 0 spiro atoms. The Morgan fingerprint density at radius 2 is 1.35 bits per heavy atom. The van der Waals surface area contributed by atoms with Gasteiger partial charge in [0.1, 0.15) is 0 Å². The predicted octanol–water partition coefficient (Wildman–Crippen LogP) is 4.69. The Morgan fingerprint density at radius 1 is 0.739 bits per heavy atom. The van der Waals surface area contributed by atoms with Crippen LogP contribution >= 0.6 is 0 Å². The van der Waals surface area contributed by atoms with E-state index in [1.165, 1.54) is 5.56 Å². The first kappa shape index (κ1) is 13.8. The van der Waals surface area contributed by atoms with E-state index >= 15 is 0 Å². The molecule has 0 radical (unpaired) electrons. The Balaban J connectivity index is 1.76. The number of amides is 1. The number of hydrogen-bond donors (Lipinski definition) is 0. The summed E-state index contributed by atoms with van der Waals surface area (Å²) in [4.78, 5) is 14.9. The number of nitrogens with zero attached hydrogens (tertiary/aromatic N) is 1. The van der Waals surface area contributed by atoms with Gasteiger partial charge in [0.15, 0.2) is 0 Å². The minimum absolute atomic E-state index is 0.117. The maximum Gasteiger partial charge on any atom is 0.239 e. The Kier molecular flexibility index (Phi) is 3.43. The van der Waals surface area contributed by atoms with Crippen LogP contribution < -0.4 is 4.90 Å². The monoisotopic (exact) mass is 299 g/mol. The van der Waals surface area contributed by atoms with Gasteiger partial charge < -0.3 is 0 Å². The van der Waals surface area contributed by atoms with Crippen molar-refractivity contribution < 1.29 is 4.79 Å². The number of rotatable bonds is 3. The van der Waals surface area contributed by atoms with Crippen molar-refractivity contribution in [2.45, 2.75) is 12.3 Å². The van der Waals surface area contributed by atoms with Gasteiger partial charge in [0.05, 0.1) is 11.6 Å². The van der Waals surface area contributed by atoms with Crippen molar-refractivity contribution in [3.05, 3.63) is 96.1 Å². The molecule has 0 bridgehead atoms. The normalized spacial score (nSPS) is 16.4. The summed E-state index contributed by atoms with van der Waals surface area (Å²) in [5.41, 5.74) is 4.24. The van der Waals surface area contributed by atoms with Crippen LogP contribution in [0.4, 0.5) is 11.4 Å². The van der Waals surface area contributed by atoms with Gasteiger partial charge in [-0.15, -0.1) is 0 Å². The lowest BCUT2D eigenvalue weighted by Gasteiger charge is -2.18. The van der Waals surface area contributed by atoms with E-state index in [0.717, 1.165) is 23.4 Å². The lowest BCUT2D eigenvalue weighted by Crippen LogP contribution is -2.24. The molecule has 112 valence electrons. The van der Waals surface area contributed by atoms with E-state index in [-0.39, 0.29) is 11.8 Å². The van der Waals surface area contributed by atoms with E-state index in [2.05, 4.69) is 18.2 Å². The SMILES string of the molecule is O=C1[C@H](Cc2ccccc2)c2ccccc2N1c1ccccc1. The van der Waals surface area contributed by atoms with Gasteiger partial charge in [0.25, 0.3) is 0 Å². The van der Waals surface area contributed by atoms with E-state index in [0.29, 0.717) is 0 Å². The first-order chi connectivity index (χ1) is 11.3. The highest BCUT2D eigenvalue weighted by atomic mass is 16.2. The summed E-state index contributed by atoms with van der Waals surface area (Å²) < 4.78 is 0. The molecular formula is C21H17NO. The lowest BCUT2D eigenvalue weighted by atomic mass is 9.93. The fraction of sp³-hybridized carbons (Fsp3) is 0.0952. The molecule has 1 aliphatic heterocycles. The molecule has 1 atom stereocenters. The summed E-state index contributed by atoms with van der Waals surface area (Å²) >= 11 is 0. The van der Waals surface area contributed by atoms with Crippen LogP contribution in [0.25, 0.3) is 0 Å². The van der Waals surface area contributed by atoms with Crippen LogP contribution in [0, 0.1) is 0 Å². The second kappa shape index (κ2) is 5.73. The van der Waals surface area contributed by atoms with Crippen LogP contribution in [-0.2, 0) is 11.2 Å². The molecule has 2 heteroatoms. The standard InChI is InChI=1S/C21H17NO/c23-21-19(15-16-9-3-1-4-10-16)18-13-7-8-14-20(18)22(21)17-11-5-2-6-12-17/h1-14,19H,15H2/t19-/m1/s1. The molecule has 1 aliphatic rings. The molecule has 0 aromatic heterocycles. The number of carbonyl (C=O) groups is 1. The van der Waals surface area contributed by atoms with Gasteiger partial charge in [-0.2, -0.15) is 0 Å². The fourth-order valence-electron chi connectivity index (χ4n) is 3.28. The molecular weight excluding hydrogens is 282 g/mol. The van der Waals surface area contributed by atoms with E-state index in [1.54, 1.807) is 0 Å². The van der Waals surface area contributed by atoms with Crippen LogP contribution in [0.2, 0.25) is 0 Å². The highest BCUT2D eigenvalue weighted by Crippen LogP contribution is 2.42. The summed E-state index contributed by atoms with van der Waals surface area (Å²) in [7, 11) is 0. The minimum atomic E-state index is -0.117. The molecule has 2 nitrogen and oxygen atoms in total. The van der Waals surface area contributed by atoms with Crippen LogP contribution in [0.5, 0.6) is 0 Å². The van der Waals surface area contributed by atoms with Crippen LogP contribution in [0.3, 0.4) is 0 Å². The number of anilines is 2. The molecule has 3 aromatic rings. The molecule has 23 heavy (non-hydrogen) atoms. The molecule has 0 saturated carbocycles. The molecule has 4 rings (SSSR count). The first-order valence-electron chi connectivity index (χ1n) is 7.86. The van der Waals surface area contributed by atoms with Crippen molar-refractivity contribution in [2.24, 2.45) is 0 Å². The van der Waals surface area contributed by atoms with Gasteiger partial charge in [-0.1, -0.05) is 66.7 Å². The van der Waals surface area contributed by atoms with Crippen molar-refractivity contribution in [1.82, 2.24) is 0 Å². The fourth-order valence-corrected chi connectivity index (χ4v) is 3.28. The van der Waals surface area contributed by atoms with E-state index in [1.807, 2.05) is 71.6 Å². The van der Waals surface area contributed by atoms with Crippen LogP contribution in [-0.4, -0.2) is 5.91 Å². The number of para-hydroxylation sites is 2. The zero-order valence-corrected chi connectivity index (χ0v) is 12.7. The van der Waals surface area contributed by atoms with Crippen LogP contribution in [0.15, 0.2) is 84.9 Å². The van der Waals surface area contributed by atoms with Crippen LogP contribution in [0.1, 0.15) is 17.0 Å². The molecule has 0 saturated heterocycles. The Labute approximate surface area is 136 Å². The third kappa shape index (κ3) is 2.42. The molecule has 0 aliphatic carbocycles. The summed E-state index contributed by atoms with van der Waals surface area (Å²) in [5.74, 6) is 0.0371. The van der Waals surface area contributed by atoms with E-state index in [4.69, 9.17) is 0 Å². The minimum Gasteiger partial charge on any atom is -0.280 e. The van der Waals surface area contributed by atoms with E-state index in [9.17, 15) is 4.79 Å². The van der Waals surface area contributed by atoms with Gasteiger partial charge in [-0.25, -0.2) is 0 Å². The van der Waals surface area contributed by atoms with Crippen molar-refractivity contribution in [3.63, 3.8) is 0 Å². The number of hydrogen-bond acceptors (Lipinski definition) is 1. The van der Waals surface area contributed by atoms with Crippen molar-refractivity contribution >= 4 is 17.3 Å². The van der Waals surface area contributed by atoms with Crippen molar-refractivity contribution in [1.29, 1.82) is 0 Å². The topological polar surface area (TPSA) is 20.3 Å². The zero-order valence-electron chi connectivity index (χ0n) is 12.7. The summed E-state index contributed by atoms with van der Waals surface area (Å²) in [6.07, 6.45) is 0.736. The van der Waals surface area contributed by atoms with Gasteiger partial charge in [0.2, 0.25) is 5.91 Å². The predicted molar refractivity (Wildman–Crippen MR) is 92.9 cm³/mol. The van der Waals surface area contributed by atoms with Crippen molar-refractivity contribution in [2.75, 3.05) is 4.90 Å². The average molecular weight is 299 g/mol. The molecule has 0 fully saturated rings. The number of benzene rings is 3. The summed E-state index contributed by atoms with van der Waals surface area (Å²) in [6, 6.07) is 28.2. The summed E-state index contributed by atoms with van der Waals surface area (Å²) in [6.45, 7) is 0. The second-order valence-electron chi connectivity index (χ2n) is 5.81. The largest absolute Gasteiger partial charge is 0.280 e. The molecule has 1 heterocycles. The molecule has 3 aromatic carbocycles. The Morgan fingerprint density at radius 3 is 2.09 bits per heavy atom. The lowest BCUT2D eigenvalue weighted by molar-refractivity contribution is -0.118. The van der Waals surface area contributed by atoms with Gasteiger partial charge in [-0.05, 0) is 35.7 Å². The third-order valence-corrected chi connectivity index (χ3v) is 4.37. The highest BCUT2D eigenvalue weighted by molar-refractivity contribution is 6.10. The third-order valence-electron chi connectivity index (χ3n) is 4.37. The van der Waals surface area contributed by atoms with E-state index < -0.39 is 0 Å². The summed E-state index contributed by atoms with van der Waals surface area (Å²) in [5, 5.41) is 0.